The zero-order valence-corrected chi connectivity index (χ0v) is 14.4. The minimum Gasteiger partial charge on any atom is -0.326 e. The number of hydrogen-bond donors (Lipinski definition) is 1. The Labute approximate surface area is 134 Å². The summed E-state index contributed by atoms with van der Waals surface area (Å²) < 4.78 is 1.01. The summed E-state index contributed by atoms with van der Waals surface area (Å²) >= 11 is 3.21. The Morgan fingerprint density at radius 2 is 2.00 bits per heavy atom. The molecule has 0 aliphatic heterocycles. The van der Waals surface area contributed by atoms with Crippen LogP contribution in [-0.4, -0.2) is 17.1 Å². The zero-order valence-electron chi connectivity index (χ0n) is 12.8. The van der Waals surface area contributed by atoms with E-state index >= 15 is 0 Å². The number of anilines is 1. The Bertz CT molecular complexity index is 618. The Hall–Kier alpha value is -1.33. The molecule has 1 amide bonds. The van der Waals surface area contributed by atoms with Crippen LogP contribution >= 0.6 is 23.1 Å². The molecule has 0 aliphatic carbocycles. The van der Waals surface area contributed by atoms with Crippen molar-refractivity contribution in [1.82, 2.24) is 4.98 Å². The number of thioether (sulfide) groups is 1. The predicted octanol–water partition coefficient (Wildman–Crippen LogP) is 4.48. The van der Waals surface area contributed by atoms with Crippen molar-refractivity contribution >= 4 is 34.7 Å². The second-order valence-electron chi connectivity index (χ2n) is 5.19. The Kier molecular flexibility index (Phi) is 5.42. The van der Waals surface area contributed by atoms with E-state index in [1.807, 2.05) is 25.3 Å². The number of carbonyl (C=O) groups excluding carboxylic acids is 1. The first-order valence-electron chi connectivity index (χ1n) is 6.89. The third kappa shape index (κ3) is 4.32. The van der Waals surface area contributed by atoms with Gasteiger partial charge in [0.2, 0.25) is 5.91 Å². The Balaban J connectivity index is 1.99. The molecule has 0 saturated heterocycles. The van der Waals surface area contributed by atoms with Gasteiger partial charge < -0.3 is 5.32 Å². The van der Waals surface area contributed by atoms with E-state index < -0.39 is 0 Å². The highest BCUT2D eigenvalue weighted by molar-refractivity contribution is 8.00. The summed E-state index contributed by atoms with van der Waals surface area (Å²) in [6.07, 6.45) is 2.38. The van der Waals surface area contributed by atoms with Gasteiger partial charge in [0, 0.05) is 10.6 Å². The van der Waals surface area contributed by atoms with Crippen LogP contribution in [0.1, 0.15) is 35.9 Å². The van der Waals surface area contributed by atoms with Gasteiger partial charge in [0.1, 0.15) is 4.34 Å². The number of hydrogen-bond acceptors (Lipinski definition) is 4. The highest BCUT2D eigenvalue weighted by Gasteiger charge is 2.11. The number of nitrogens with one attached hydrogen (secondary N) is 1. The average Bonchev–Trinajstić information content (AvgIpc) is 2.80. The van der Waals surface area contributed by atoms with Gasteiger partial charge in [0.15, 0.2) is 0 Å². The fraction of sp³-hybridized carbons (Fsp3) is 0.375. The third-order valence-corrected chi connectivity index (χ3v) is 5.37. The second-order valence-corrected chi connectivity index (χ2v) is 7.33. The van der Waals surface area contributed by atoms with Crippen LogP contribution in [0, 0.1) is 6.92 Å². The molecule has 1 aromatic heterocycles. The van der Waals surface area contributed by atoms with Crippen LogP contribution in [-0.2, 0) is 11.2 Å². The molecule has 21 heavy (non-hydrogen) atoms. The van der Waals surface area contributed by atoms with Crippen LogP contribution in [0.5, 0.6) is 0 Å². The quantitative estimate of drug-likeness (QED) is 0.826. The zero-order chi connectivity index (χ0) is 15.4. The van der Waals surface area contributed by atoms with E-state index in [2.05, 4.69) is 36.3 Å². The van der Waals surface area contributed by atoms with E-state index in [1.165, 1.54) is 5.56 Å². The Morgan fingerprint density at radius 3 is 2.52 bits per heavy atom. The van der Waals surface area contributed by atoms with Crippen LogP contribution in [0.25, 0.3) is 0 Å². The van der Waals surface area contributed by atoms with Crippen molar-refractivity contribution < 1.29 is 4.79 Å². The number of carbonyl (C=O) groups is 1. The summed E-state index contributed by atoms with van der Waals surface area (Å²) in [6.45, 7) is 6.27. The van der Waals surface area contributed by atoms with Gasteiger partial charge in [-0.25, -0.2) is 4.98 Å². The molecular weight excluding hydrogens is 300 g/mol. The van der Waals surface area contributed by atoms with Crippen molar-refractivity contribution in [2.24, 2.45) is 0 Å². The van der Waals surface area contributed by atoms with E-state index in [4.69, 9.17) is 0 Å². The summed E-state index contributed by atoms with van der Waals surface area (Å²) in [4.78, 5) is 17.6. The molecule has 0 radical (unpaired) electrons. The number of thiazole rings is 1. The minimum atomic E-state index is 0.00620. The first-order chi connectivity index (χ1) is 9.99. The molecule has 5 heteroatoms. The number of rotatable bonds is 5. The molecule has 1 aromatic carbocycles. The van der Waals surface area contributed by atoms with Gasteiger partial charge >= 0.3 is 0 Å². The molecule has 112 valence electrons. The molecule has 0 saturated carbocycles. The molecule has 3 nitrogen and oxygen atoms in total. The van der Waals surface area contributed by atoms with Gasteiger partial charge in [0.05, 0.1) is 12.1 Å². The molecule has 1 N–H and O–H groups in total. The van der Waals surface area contributed by atoms with Crippen molar-refractivity contribution in [2.45, 2.75) is 37.4 Å². The van der Waals surface area contributed by atoms with Crippen molar-refractivity contribution in [3.8, 4) is 0 Å². The maximum absolute atomic E-state index is 12.1. The van der Waals surface area contributed by atoms with Crippen molar-refractivity contribution in [2.75, 3.05) is 11.6 Å². The lowest BCUT2D eigenvalue weighted by Crippen LogP contribution is -2.14. The molecular formula is C16H20N2OS2. The van der Waals surface area contributed by atoms with Crippen molar-refractivity contribution in [3.63, 3.8) is 0 Å². The van der Waals surface area contributed by atoms with E-state index in [-0.39, 0.29) is 5.91 Å². The lowest BCUT2D eigenvalue weighted by atomic mass is 10.0. The lowest BCUT2D eigenvalue weighted by molar-refractivity contribution is -0.115. The molecule has 0 bridgehead atoms. The molecule has 0 unspecified atom stereocenters. The first kappa shape index (κ1) is 16.0. The van der Waals surface area contributed by atoms with Gasteiger partial charge in [0.25, 0.3) is 0 Å². The van der Waals surface area contributed by atoms with Crippen molar-refractivity contribution in [1.29, 1.82) is 0 Å². The van der Waals surface area contributed by atoms with E-state index in [0.29, 0.717) is 12.3 Å². The first-order valence-corrected chi connectivity index (χ1v) is 8.94. The summed E-state index contributed by atoms with van der Waals surface area (Å²) in [6, 6.07) is 8.04. The van der Waals surface area contributed by atoms with Crippen LogP contribution < -0.4 is 5.32 Å². The topological polar surface area (TPSA) is 42.0 Å². The van der Waals surface area contributed by atoms with Crippen molar-refractivity contribution in [3.05, 3.63) is 40.4 Å². The molecule has 0 aliphatic rings. The predicted molar refractivity (Wildman–Crippen MR) is 91.5 cm³/mol. The molecule has 1 heterocycles. The Morgan fingerprint density at radius 1 is 1.33 bits per heavy atom. The van der Waals surface area contributed by atoms with Gasteiger partial charge in [-0.3, -0.25) is 4.79 Å². The largest absolute Gasteiger partial charge is 0.326 e. The van der Waals surface area contributed by atoms with Crippen LogP contribution in [0.3, 0.4) is 0 Å². The minimum absolute atomic E-state index is 0.00620. The molecule has 0 fully saturated rings. The third-order valence-electron chi connectivity index (χ3n) is 3.23. The maximum Gasteiger partial charge on any atom is 0.229 e. The maximum atomic E-state index is 12.1. The molecule has 0 atom stereocenters. The van der Waals surface area contributed by atoms with E-state index in [9.17, 15) is 4.79 Å². The molecule has 2 aromatic rings. The normalized spacial score (nSPS) is 10.9. The SMILES string of the molecule is CSc1nc(C)c(CC(=O)Nc2ccc(C(C)C)cc2)s1. The monoisotopic (exact) mass is 320 g/mol. The number of benzene rings is 1. The van der Waals surface area contributed by atoms with Crippen LogP contribution in [0.2, 0.25) is 0 Å². The number of aromatic nitrogens is 1. The van der Waals surface area contributed by atoms with E-state index in [0.717, 1.165) is 20.6 Å². The summed E-state index contributed by atoms with van der Waals surface area (Å²) in [5, 5.41) is 2.94. The summed E-state index contributed by atoms with van der Waals surface area (Å²) in [5.41, 5.74) is 3.07. The fourth-order valence-electron chi connectivity index (χ4n) is 1.96. The van der Waals surface area contributed by atoms with Crippen LogP contribution in [0.4, 0.5) is 5.69 Å². The average molecular weight is 320 g/mol. The number of nitrogens with zero attached hydrogens (tertiary/aromatic N) is 1. The summed E-state index contributed by atoms with van der Waals surface area (Å²) in [5.74, 6) is 0.506. The van der Waals surface area contributed by atoms with Gasteiger partial charge in [-0.15, -0.1) is 11.3 Å². The molecule has 0 spiro atoms. The van der Waals surface area contributed by atoms with Gasteiger partial charge in [-0.1, -0.05) is 37.7 Å². The van der Waals surface area contributed by atoms with Gasteiger partial charge in [-0.05, 0) is 36.8 Å². The second kappa shape index (κ2) is 7.09. The lowest BCUT2D eigenvalue weighted by Gasteiger charge is -2.08. The van der Waals surface area contributed by atoms with Gasteiger partial charge in [-0.2, -0.15) is 0 Å². The summed E-state index contributed by atoms with van der Waals surface area (Å²) in [7, 11) is 0. The smallest absolute Gasteiger partial charge is 0.229 e. The highest BCUT2D eigenvalue weighted by Crippen LogP contribution is 2.26. The fourth-order valence-corrected chi connectivity index (χ4v) is 3.61. The highest BCUT2D eigenvalue weighted by atomic mass is 32.2. The number of aryl methyl sites for hydroxylation is 1. The standard InChI is InChI=1S/C16H20N2OS2/c1-10(2)12-5-7-13(8-6-12)18-15(19)9-14-11(3)17-16(20-4)21-14/h5-8,10H,9H2,1-4H3,(H,18,19). The van der Waals surface area contributed by atoms with Crippen LogP contribution in [0.15, 0.2) is 28.6 Å². The number of amides is 1. The van der Waals surface area contributed by atoms with E-state index in [1.54, 1.807) is 23.1 Å². The molecule has 2 rings (SSSR count).